The Morgan fingerprint density at radius 2 is 1.75 bits per heavy atom. The van der Waals surface area contributed by atoms with E-state index in [9.17, 15) is 0 Å². The molecule has 1 aromatic carbocycles. The van der Waals surface area contributed by atoms with Gasteiger partial charge >= 0.3 is 0 Å². The van der Waals surface area contributed by atoms with Crippen LogP contribution < -0.4 is 10.6 Å². The topological polar surface area (TPSA) is 29.3 Å². The zero-order valence-electron chi connectivity index (χ0n) is 13.4. The maximum Gasteiger partial charge on any atom is 0.0524 e. The van der Waals surface area contributed by atoms with Gasteiger partial charge in [0.25, 0.3) is 0 Å². The number of nitrogens with two attached hydrogens (primary N) is 1. The zero-order valence-corrected chi connectivity index (χ0v) is 13.4. The molecule has 0 spiro atoms. The fourth-order valence-electron chi connectivity index (χ4n) is 3.70. The van der Waals surface area contributed by atoms with E-state index in [4.69, 9.17) is 5.73 Å². The van der Waals surface area contributed by atoms with Crippen LogP contribution in [0.3, 0.4) is 0 Å². The largest absolute Gasteiger partial charge is 0.365 e. The summed E-state index contributed by atoms with van der Waals surface area (Å²) in [5.41, 5.74) is 8.20. The van der Waals surface area contributed by atoms with E-state index >= 15 is 0 Å². The molecule has 0 bridgehead atoms. The van der Waals surface area contributed by atoms with Gasteiger partial charge in [-0.25, -0.2) is 0 Å². The summed E-state index contributed by atoms with van der Waals surface area (Å²) >= 11 is 0. The van der Waals surface area contributed by atoms with E-state index in [1.165, 1.54) is 37.8 Å². The third kappa shape index (κ3) is 3.17. The Morgan fingerprint density at radius 1 is 1.05 bits per heavy atom. The average molecular weight is 274 g/mol. The Hall–Kier alpha value is -1.02. The van der Waals surface area contributed by atoms with Gasteiger partial charge < -0.3 is 10.6 Å². The van der Waals surface area contributed by atoms with Crippen molar-refractivity contribution < 1.29 is 0 Å². The first kappa shape index (κ1) is 15.4. The predicted octanol–water partition coefficient (Wildman–Crippen LogP) is 4.20. The second-order valence-electron chi connectivity index (χ2n) is 7.03. The summed E-state index contributed by atoms with van der Waals surface area (Å²) in [7, 11) is 0. The molecular weight excluding hydrogens is 244 g/mol. The molecule has 2 N–H and O–H groups in total. The van der Waals surface area contributed by atoms with Gasteiger partial charge in [-0.3, -0.25) is 0 Å². The summed E-state index contributed by atoms with van der Waals surface area (Å²) in [4.78, 5) is 2.55. The Morgan fingerprint density at radius 3 is 2.35 bits per heavy atom. The molecule has 2 rings (SSSR count). The van der Waals surface area contributed by atoms with Gasteiger partial charge in [-0.05, 0) is 50.2 Å². The van der Waals surface area contributed by atoms with E-state index in [2.05, 4.69) is 56.0 Å². The number of hydrogen-bond acceptors (Lipinski definition) is 2. The smallest absolute Gasteiger partial charge is 0.0524 e. The first-order chi connectivity index (χ1) is 9.53. The van der Waals surface area contributed by atoms with Crippen molar-refractivity contribution in [2.75, 3.05) is 18.0 Å². The normalized spacial score (nSPS) is 26.0. The van der Waals surface area contributed by atoms with Gasteiger partial charge in [-0.2, -0.15) is 0 Å². The molecule has 0 aliphatic heterocycles. The van der Waals surface area contributed by atoms with Crippen LogP contribution in [0.2, 0.25) is 0 Å². The van der Waals surface area contributed by atoms with Crippen molar-refractivity contribution in [2.24, 2.45) is 11.1 Å². The molecule has 0 saturated heterocycles. The van der Waals surface area contributed by atoms with Crippen LogP contribution in [-0.4, -0.2) is 18.6 Å². The third-order valence-electron chi connectivity index (χ3n) is 5.10. The van der Waals surface area contributed by atoms with E-state index in [0.717, 1.165) is 13.1 Å². The number of benzene rings is 1. The average Bonchev–Trinajstić information content (AvgIpc) is 2.61. The van der Waals surface area contributed by atoms with Gasteiger partial charge in [0.2, 0.25) is 0 Å². The Kier molecular flexibility index (Phi) is 4.74. The van der Waals surface area contributed by atoms with Crippen molar-refractivity contribution in [3.63, 3.8) is 0 Å². The van der Waals surface area contributed by atoms with E-state index in [0.29, 0.717) is 5.41 Å². The first-order valence-corrected chi connectivity index (χ1v) is 8.06. The van der Waals surface area contributed by atoms with Crippen molar-refractivity contribution in [3.05, 3.63) is 30.3 Å². The van der Waals surface area contributed by atoms with Crippen LogP contribution in [0.4, 0.5) is 5.69 Å². The number of anilines is 1. The number of likely N-dealkylation sites (N-methyl/N-ethyl adjacent to an activating group) is 1. The van der Waals surface area contributed by atoms with Crippen LogP contribution in [0.15, 0.2) is 30.3 Å². The number of hydrogen-bond donors (Lipinski definition) is 1. The second kappa shape index (κ2) is 6.17. The molecule has 0 radical (unpaired) electrons. The van der Waals surface area contributed by atoms with Gasteiger partial charge in [-0.15, -0.1) is 0 Å². The van der Waals surface area contributed by atoms with Crippen molar-refractivity contribution in [1.29, 1.82) is 0 Å². The monoisotopic (exact) mass is 274 g/mol. The van der Waals surface area contributed by atoms with Gasteiger partial charge in [0.15, 0.2) is 0 Å². The van der Waals surface area contributed by atoms with Crippen molar-refractivity contribution in [3.8, 4) is 0 Å². The minimum Gasteiger partial charge on any atom is -0.365 e. The third-order valence-corrected chi connectivity index (χ3v) is 5.10. The van der Waals surface area contributed by atoms with Crippen LogP contribution in [0.5, 0.6) is 0 Å². The zero-order chi connectivity index (χ0) is 14.6. The minimum atomic E-state index is 0.143. The van der Waals surface area contributed by atoms with Crippen molar-refractivity contribution in [2.45, 2.75) is 58.4 Å². The highest BCUT2D eigenvalue weighted by molar-refractivity contribution is 5.49. The maximum atomic E-state index is 6.27. The van der Waals surface area contributed by atoms with E-state index in [-0.39, 0.29) is 5.54 Å². The minimum absolute atomic E-state index is 0.143. The van der Waals surface area contributed by atoms with E-state index in [1.54, 1.807) is 0 Å². The molecule has 1 saturated carbocycles. The molecule has 1 fully saturated rings. The van der Waals surface area contributed by atoms with Crippen molar-refractivity contribution >= 4 is 5.69 Å². The molecule has 20 heavy (non-hydrogen) atoms. The number of nitrogens with zero attached hydrogens (tertiary/aromatic N) is 1. The van der Waals surface area contributed by atoms with Crippen LogP contribution in [0, 0.1) is 5.41 Å². The number of rotatable bonds is 4. The molecule has 1 aromatic rings. The highest BCUT2D eigenvalue weighted by Gasteiger charge is 2.38. The molecule has 0 aromatic heterocycles. The highest BCUT2D eigenvalue weighted by atomic mass is 15.2. The molecule has 112 valence electrons. The van der Waals surface area contributed by atoms with E-state index < -0.39 is 0 Å². The lowest BCUT2D eigenvalue weighted by atomic mass is 9.82. The maximum absolute atomic E-state index is 6.27. The summed E-state index contributed by atoms with van der Waals surface area (Å²) in [5, 5.41) is 0. The SMILES string of the molecule is CCN(c1ccccc1)C1(CN)CCCC(C)(C)CC1. The van der Waals surface area contributed by atoms with Crippen LogP contribution >= 0.6 is 0 Å². The summed E-state index contributed by atoms with van der Waals surface area (Å²) in [6, 6.07) is 10.8. The summed E-state index contributed by atoms with van der Waals surface area (Å²) < 4.78 is 0. The lowest BCUT2D eigenvalue weighted by Gasteiger charge is -2.44. The van der Waals surface area contributed by atoms with Crippen molar-refractivity contribution in [1.82, 2.24) is 0 Å². The molecule has 2 heteroatoms. The molecule has 0 heterocycles. The Balaban J connectivity index is 2.29. The number of para-hydroxylation sites is 1. The summed E-state index contributed by atoms with van der Waals surface area (Å²) in [5.74, 6) is 0. The Bertz CT molecular complexity index is 413. The molecule has 0 amide bonds. The molecule has 2 nitrogen and oxygen atoms in total. The molecule has 1 aliphatic rings. The summed E-state index contributed by atoms with van der Waals surface area (Å²) in [6.45, 7) is 8.84. The second-order valence-corrected chi connectivity index (χ2v) is 7.03. The van der Waals surface area contributed by atoms with Gasteiger partial charge in [0.05, 0.1) is 5.54 Å². The fourth-order valence-corrected chi connectivity index (χ4v) is 3.70. The molecule has 1 atom stereocenters. The fraction of sp³-hybridized carbons (Fsp3) is 0.667. The lowest BCUT2D eigenvalue weighted by Crippen LogP contribution is -2.54. The Labute approximate surface area is 124 Å². The van der Waals surface area contributed by atoms with Crippen LogP contribution in [0.1, 0.15) is 52.9 Å². The van der Waals surface area contributed by atoms with Crippen LogP contribution in [0.25, 0.3) is 0 Å². The molecule has 1 unspecified atom stereocenters. The van der Waals surface area contributed by atoms with Gasteiger partial charge in [0, 0.05) is 18.8 Å². The first-order valence-electron chi connectivity index (χ1n) is 8.06. The van der Waals surface area contributed by atoms with Gasteiger partial charge in [0.1, 0.15) is 0 Å². The predicted molar refractivity (Wildman–Crippen MR) is 88.1 cm³/mol. The van der Waals surface area contributed by atoms with E-state index in [1.807, 2.05) is 0 Å². The summed E-state index contributed by atoms with van der Waals surface area (Å²) in [6.07, 6.45) is 6.30. The molecular formula is C18H30N2. The van der Waals surface area contributed by atoms with Gasteiger partial charge in [-0.1, -0.05) is 38.5 Å². The lowest BCUT2D eigenvalue weighted by molar-refractivity contribution is 0.293. The van der Waals surface area contributed by atoms with Crippen LogP contribution in [-0.2, 0) is 0 Å². The standard InChI is InChI=1S/C18H30N2/c1-4-20(16-9-6-5-7-10-16)18(15-19)12-8-11-17(2,3)13-14-18/h5-7,9-10H,4,8,11-15,19H2,1-3H3. The molecule has 1 aliphatic carbocycles. The highest BCUT2D eigenvalue weighted by Crippen LogP contribution is 2.41. The quantitative estimate of drug-likeness (QED) is 0.834.